The molecule has 0 amide bonds. The summed E-state index contributed by atoms with van der Waals surface area (Å²) in [4.78, 5) is 2.65. The second-order valence-corrected chi connectivity index (χ2v) is 6.67. The Hall–Kier alpha value is -0.970. The van der Waals surface area contributed by atoms with Gasteiger partial charge in [0.25, 0.3) is 0 Å². The van der Waals surface area contributed by atoms with Crippen molar-refractivity contribution in [2.24, 2.45) is 11.7 Å². The van der Waals surface area contributed by atoms with Crippen molar-refractivity contribution in [1.29, 1.82) is 0 Å². The molecule has 1 aromatic rings. The Morgan fingerprint density at radius 3 is 2.48 bits per heavy atom. The minimum atomic E-state index is -0.459. The maximum atomic E-state index is 10.3. The van der Waals surface area contributed by atoms with Gasteiger partial charge in [0, 0.05) is 18.7 Å². The van der Waals surface area contributed by atoms with Gasteiger partial charge in [-0.15, -0.1) is 0 Å². The Balaban J connectivity index is 1.84. The quantitative estimate of drug-likeness (QED) is 0.794. The van der Waals surface area contributed by atoms with Gasteiger partial charge >= 0.3 is 0 Å². The van der Waals surface area contributed by atoms with Crippen LogP contribution in [0.5, 0.6) is 0 Å². The first-order chi connectivity index (χ1) is 10.1. The van der Waals surface area contributed by atoms with Crippen LogP contribution in [0.3, 0.4) is 0 Å². The lowest BCUT2D eigenvalue weighted by Gasteiger charge is -2.28. The van der Waals surface area contributed by atoms with E-state index in [9.17, 15) is 5.11 Å². The third kappa shape index (κ3) is 5.06. The Morgan fingerprint density at radius 2 is 1.90 bits per heavy atom. The number of nitrogens with two attached hydrogens (primary N) is 1. The highest BCUT2D eigenvalue weighted by Gasteiger charge is 2.17. The lowest BCUT2D eigenvalue weighted by molar-refractivity contribution is 0.113. The van der Waals surface area contributed by atoms with E-state index in [0.29, 0.717) is 11.5 Å². The average Bonchev–Trinajstić information content (AvgIpc) is 2.48. The second-order valence-electron chi connectivity index (χ2n) is 6.23. The highest BCUT2D eigenvalue weighted by molar-refractivity contribution is 7.80. The van der Waals surface area contributed by atoms with Crippen molar-refractivity contribution in [2.75, 3.05) is 20.1 Å². The molecule has 2 rings (SSSR count). The Morgan fingerprint density at radius 1 is 1.29 bits per heavy atom. The van der Waals surface area contributed by atoms with Gasteiger partial charge in [-0.3, -0.25) is 0 Å². The standard InChI is InChI=1S/C17H26N2OS/c1-19(11-13-5-3-2-4-6-13)12-16(20)14-7-9-15(10-8-14)17(18)21/h7-10,13,16,20H,2-6,11-12H2,1H3,(H2,18,21). The average molecular weight is 306 g/mol. The van der Waals surface area contributed by atoms with E-state index in [1.165, 1.54) is 32.1 Å². The predicted octanol–water partition coefficient (Wildman–Crippen LogP) is 2.87. The van der Waals surface area contributed by atoms with Crippen molar-refractivity contribution in [3.63, 3.8) is 0 Å². The van der Waals surface area contributed by atoms with Gasteiger partial charge in [-0.05, 0) is 31.4 Å². The van der Waals surface area contributed by atoms with E-state index >= 15 is 0 Å². The monoisotopic (exact) mass is 306 g/mol. The van der Waals surface area contributed by atoms with Gasteiger partial charge in [-0.1, -0.05) is 55.7 Å². The lowest BCUT2D eigenvalue weighted by atomic mass is 9.89. The molecule has 1 aliphatic carbocycles. The first-order valence-corrected chi connectivity index (χ1v) is 8.23. The van der Waals surface area contributed by atoms with Crippen molar-refractivity contribution in [3.05, 3.63) is 35.4 Å². The van der Waals surface area contributed by atoms with Crippen molar-refractivity contribution < 1.29 is 5.11 Å². The van der Waals surface area contributed by atoms with E-state index in [1.54, 1.807) is 0 Å². The fourth-order valence-corrected chi connectivity index (χ4v) is 3.29. The molecule has 0 radical (unpaired) electrons. The zero-order valence-electron chi connectivity index (χ0n) is 12.8. The van der Waals surface area contributed by atoms with Crippen molar-refractivity contribution in [1.82, 2.24) is 4.90 Å². The third-order valence-electron chi connectivity index (χ3n) is 4.36. The highest BCUT2D eigenvalue weighted by atomic mass is 32.1. The van der Waals surface area contributed by atoms with Gasteiger partial charge in [-0.2, -0.15) is 0 Å². The van der Waals surface area contributed by atoms with Crippen LogP contribution in [0.1, 0.15) is 49.3 Å². The molecule has 21 heavy (non-hydrogen) atoms. The van der Waals surface area contributed by atoms with Gasteiger partial charge in [-0.25, -0.2) is 0 Å². The molecule has 0 spiro atoms. The van der Waals surface area contributed by atoms with E-state index in [1.807, 2.05) is 24.3 Å². The summed E-state index contributed by atoms with van der Waals surface area (Å²) in [6, 6.07) is 7.57. The first-order valence-electron chi connectivity index (χ1n) is 7.82. The summed E-state index contributed by atoms with van der Waals surface area (Å²) < 4.78 is 0. The number of likely N-dealkylation sites (N-methyl/N-ethyl adjacent to an activating group) is 1. The molecular formula is C17H26N2OS. The Kier molecular flexibility index (Phi) is 6.15. The summed E-state index contributed by atoms with van der Waals surface area (Å²) in [7, 11) is 2.10. The van der Waals surface area contributed by atoms with Crippen LogP contribution in [0.4, 0.5) is 0 Å². The molecule has 0 bridgehead atoms. The molecule has 0 saturated heterocycles. The SMILES string of the molecule is CN(CC1CCCCC1)CC(O)c1ccc(C(N)=S)cc1. The highest BCUT2D eigenvalue weighted by Crippen LogP contribution is 2.24. The van der Waals surface area contributed by atoms with Gasteiger partial charge in [0.1, 0.15) is 4.99 Å². The van der Waals surface area contributed by atoms with Crippen molar-refractivity contribution >= 4 is 17.2 Å². The zero-order valence-corrected chi connectivity index (χ0v) is 13.6. The largest absolute Gasteiger partial charge is 0.389 e. The fourth-order valence-electron chi connectivity index (χ4n) is 3.16. The molecular weight excluding hydrogens is 280 g/mol. The fraction of sp³-hybridized carbons (Fsp3) is 0.588. The van der Waals surface area contributed by atoms with Crippen LogP contribution in [-0.2, 0) is 0 Å². The van der Waals surface area contributed by atoms with Crippen LogP contribution in [0.15, 0.2) is 24.3 Å². The lowest BCUT2D eigenvalue weighted by Crippen LogP contribution is -2.30. The summed E-state index contributed by atoms with van der Waals surface area (Å²) in [6.45, 7) is 1.75. The number of rotatable bonds is 6. The van der Waals surface area contributed by atoms with Crippen LogP contribution in [0.25, 0.3) is 0 Å². The summed E-state index contributed by atoms with van der Waals surface area (Å²) in [5, 5.41) is 10.3. The van der Waals surface area contributed by atoms with E-state index in [4.69, 9.17) is 18.0 Å². The van der Waals surface area contributed by atoms with Crippen LogP contribution in [-0.4, -0.2) is 35.1 Å². The Labute approximate surface area is 133 Å². The summed E-state index contributed by atoms with van der Waals surface area (Å²) in [5.41, 5.74) is 7.35. The van der Waals surface area contributed by atoms with Gasteiger partial charge in [0.2, 0.25) is 0 Å². The molecule has 0 aliphatic heterocycles. The van der Waals surface area contributed by atoms with Crippen LogP contribution in [0.2, 0.25) is 0 Å². The maximum absolute atomic E-state index is 10.3. The number of aliphatic hydroxyl groups excluding tert-OH is 1. The molecule has 1 aromatic carbocycles. The van der Waals surface area contributed by atoms with E-state index in [-0.39, 0.29) is 0 Å². The zero-order chi connectivity index (χ0) is 15.2. The minimum absolute atomic E-state index is 0.394. The third-order valence-corrected chi connectivity index (χ3v) is 4.59. The van der Waals surface area contributed by atoms with Gasteiger partial charge in [0.05, 0.1) is 6.10 Å². The van der Waals surface area contributed by atoms with E-state index < -0.39 is 6.10 Å². The molecule has 1 saturated carbocycles. The van der Waals surface area contributed by atoms with Gasteiger partial charge in [0.15, 0.2) is 0 Å². The smallest absolute Gasteiger partial charge is 0.103 e. The van der Waals surface area contributed by atoms with Crippen molar-refractivity contribution in [3.8, 4) is 0 Å². The molecule has 4 heteroatoms. The molecule has 0 aromatic heterocycles. The van der Waals surface area contributed by atoms with Gasteiger partial charge < -0.3 is 15.7 Å². The number of nitrogens with zero attached hydrogens (tertiary/aromatic N) is 1. The molecule has 1 atom stereocenters. The Bertz CT molecular complexity index is 454. The summed E-state index contributed by atoms with van der Waals surface area (Å²) >= 11 is 4.94. The van der Waals surface area contributed by atoms with Crippen LogP contribution in [0, 0.1) is 5.92 Å². The van der Waals surface area contributed by atoms with Crippen LogP contribution < -0.4 is 5.73 Å². The number of hydrogen-bond acceptors (Lipinski definition) is 3. The van der Waals surface area contributed by atoms with E-state index in [2.05, 4.69) is 11.9 Å². The molecule has 0 heterocycles. The number of aliphatic hydroxyl groups is 1. The normalized spacial score (nSPS) is 17.9. The molecule has 1 unspecified atom stereocenters. The van der Waals surface area contributed by atoms with E-state index in [0.717, 1.165) is 23.6 Å². The summed E-state index contributed by atoms with van der Waals surface area (Å²) in [5.74, 6) is 0.799. The molecule has 3 nitrogen and oxygen atoms in total. The van der Waals surface area contributed by atoms with Crippen LogP contribution >= 0.6 is 12.2 Å². The summed E-state index contributed by atoms with van der Waals surface area (Å²) in [6.07, 6.45) is 6.33. The first kappa shape index (κ1) is 16.4. The molecule has 1 fully saturated rings. The number of thiocarbonyl (C=S) groups is 1. The molecule has 3 N–H and O–H groups in total. The maximum Gasteiger partial charge on any atom is 0.103 e. The topological polar surface area (TPSA) is 49.5 Å². The predicted molar refractivity (Wildman–Crippen MR) is 91.4 cm³/mol. The minimum Gasteiger partial charge on any atom is -0.389 e. The van der Waals surface area contributed by atoms with Crippen molar-refractivity contribution in [2.45, 2.75) is 38.2 Å². The second kappa shape index (κ2) is 7.87. The molecule has 1 aliphatic rings. The number of benzene rings is 1. The number of hydrogen-bond donors (Lipinski definition) is 2. The molecule has 116 valence electrons.